The number of fused-ring (bicyclic) bond motifs is 3. The highest BCUT2D eigenvalue weighted by Gasteiger charge is 2.58. The molecule has 1 aromatic rings. The van der Waals surface area contributed by atoms with E-state index in [2.05, 4.69) is 47.0 Å². The molecule has 0 aromatic heterocycles. The van der Waals surface area contributed by atoms with Crippen LogP contribution >= 0.6 is 0 Å². The Kier molecular flexibility index (Phi) is 6.34. The normalized spacial score (nSPS) is 31.0. The Bertz CT molecular complexity index is 1040. The van der Waals surface area contributed by atoms with Gasteiger partial charge in [0, 0.05) is 18.4 Å². The third-order valence-electron chi connectivity index (χ3n) is 7.85. The Labute approximate surface area is 199 Å². The van der Waals surface area contributed by atoms with Gasteiger partial charge in [-0.05, 0) is 42.8 Å². The summed E-state index contributed by atoms with van der Waals surface area (Å²) in [5.74, 6) is -0.197. The molecule has 3 saturated heterocycles. The SMILES string of the molecule is C=C1CO[C@H]2O[C@H](CO[Si](C)(C)C(C)(C)C)C3[C@@H](C(=C)CN3S(=O)(=O)c3ccc(C)cc3)[C@@H]12. The van der Waals surface area contributed by atoms with Crippen LogP contribution in [0.4, 0.5) is 0 Å². The van der Waals surface area contributed by atoms with E-state index in [1.807, 2.05) is 19.1 Å². The van der Waals surface area contributed by atoms with Gasteiger partial charge in [-0.1, -0.05) is 57.2 Å². The molecule has 3 heterocycles. The Hall–Kier alpha value is -1.29. The molecule has 5 atom stereocenters. The average molecular weight is 492 g/mol. The van der Waals surface area contributed by atoms with Gasteiger partial charge in [0.05, 0.1) is 30.3 Å². The lowest BCUT2D eigenvalue weighted by molar-refractivity contribution is -0.214. The van der Waals surface area contributed by atoms with Gasteiger partial charge in [0.2, 0.25) is 10.0 Å². The molecule has 1 aromatic carbocycles. The maximum absolute atomic E-state index is 13.8. The van der Waals surface area contributed by atoms with Gasteiger partial charge in [0.1, 0.15) is 0 Å². The van der Waals surface area contributed by atoms with Gasteiger partial charge in [-0.25, -0.2) is 8.42 Å². The van der Waals surface area contributed by atoms with Gasteiger partial charge < -0.3 is 13.9 Å². The lowest BCUT2D eigenvalue weighted by atomic mass is 9.77. The smallest absolute Gasteiger partial charge is 0.243 e. The zero-order valence-electron chi connectivity index (χ0n) is 20.6. The molecule has 3 aliphatic heterocycles. The van der Waals surface area contributed by atoms with Crippen molar-refractivity contribution in [2.45, 2.75) is 69.2 Å². The second kappa shape index (κ2) is 8.43. The van der Waals surface area contributed by atoms with Gasteiger partial charge in [0.25, 0.3) is 0 Å². The zero-order chi connectivity index (χ0) is 24.3. The van der Waals surface area contributed by atoms with E-state index in [9.17, 15) is 8.42 Å². The van der Waals surface area contributed by atoms with Crippen LogP contribution in [0.3, 0.4) is 0 Å². The van der Waals surface area contributed by atoms with E-state index in [-0.39, 0.29) is 28.3 Å². The summed E-state index contributed by atoms with van der Waals surface area (Å²) < 4.78 is 47.9. The highest BCUT2D eigenvalue weighted by molar-refractivity contribution is 7.89. The van der Waals surface area contributed by atoms with E-state index < -0.39 is 36.8 Å². The van der Waals surface area contributed by atoms with Crippen molar-refractivity contribution in [1.29, 1.82) is 0 Å². The van der Waals surface area contributed by atoms with Crippen molar-refractivity contribution in [3.8, 4) is 0 Å². The van der Waals surface area contributed by atoms with Gasteiger partial charge >= 0.3 is 0 Å². The summed E-state index contributed by atoms with van der Waals surface area (Å²) in [6.45, 7) is 22.4. The molecule has 0 aliphatic carbocycles. The lowest BCUT2D eigenvalue weighted by Crippen LogP contribution is -2.57. The molecule has 8 heteroatoms. The number of hydrogen-bond donors (Lipinski definition) is 0. The van der Waals surface area contributed by atoms with E-state index >= 15 is 0 Å². The number of sulfonamides is 1. The minimum absolute atomic E-state index is 0.0364. The predicted molar refractivity (Wildman–Crippen MR) is 132 cm³/mol. The Morgan fingerprint density at radius 2 is 1.76 bits per heavy atom. The molecule has 0 amide bonds. The fourth-order valence-electron chi connectivity index (χ4n) is 4.83. The maximum atomic E-state index is 13.8. The van der Waals surface area contributed by atoms with Crippen molar-refractivity contribution in [2.24, 2.45) is 11.8 Å². The van der Waals surface area contributed by atoms with Crippen molar-refractivity contribution >= 4 is 18.3 Å². The van der Waals surface area contributed by atoms with Gasteiger partial charge in [-0.15, -0.1) is 0 Å². The van der Waals surface area contributed by atoms with E-state index in [1.165, 1.54) is 0 Å². The van der Waals surface area contributed by atoms with E-state index in [1.54, 1.807) is 16.4 Å². The molecule has 182 valence electrons. The molecule has 0 N–H and O–H groups in total. The molecule has 4 rings (SSSR count). The molecule has 3 fully saturated rings. The monoisotopic (exact) mass is 491 g/mol. The summed E-state index contributed by atoms with van der Waals surface area (Å²) in [6.07, 6.45) is -0.888. The molecule has 0 bridgehead atoms. The Morgan fingerprint density at radius 3 is 2.36 bits per heavy atom. The third kappa shape index (κ3) is 4.30. The second-order valence-corrected chi connectivity index (χ2v) is 17.8. The van der Waals surface area contributed by atoms with Crippen LogP contribution in [-0.2, 0) is 23.9 Å². The second-order valence-electron chi connectivity index (χ2n) is 11.1. The van der Waals surface area contributed by atoms with Crippen LogP contribution in [-0.4, -0.2) is 59.2 Å². The number of rotatable bonds is 5. The summed E-state index contributed by atoms with van der Waals surface area (Å²) in [7, 11) is -5.81. The van der Waals surface area contributed by atoms with Crippen LogP contribution in [0.5, 0.6) is 0 Å². The minimum atomic E-state index is -3.74. The van der Waals surface area contributed by atoms with E-state index in [0.29, 0.717) is 13.2 Å². The largest absolute Gasteiger partial charge is 0.414 e. The summed E-state index contributed by atoms with van der Waals surface area (Å²) >= 11 is 0. The van der Waals surface area contributed by atoms with Crippen LogP contribution in [0.1, 0.15) is 26.3 Å². The summed E-state index contributed by atoms with van der Waals surface area (Å²) in [4.78, 5) is 0.286. The van der Waals surface area contributed by atoms with Crippen LogP contribution < -0.4 is 0 Å². The summed E-state index contributed by atoms with van der Waals surface area (Å²) in [5.41, 5.74) is 2.84. The fraction of sp³-hybridized carbons (Fsp3) is 0.600. The topological polar surface area (TPSA) is 65.1 Å². The summed E-state index contributed by atoms with van der Waals surface area (Å²) in [6, 6.07) is 6.59. The zero-order valence-corrected chi connectivity index (χ0v) is 22.4. The van der Waals surface area contributed by atoms with E-state index in [4.69, 9.17) is 13.9 Å². The van der Waals surface area contributed by atoms with E-state index in [0.717, 1.165) is 16.7 Å². The lowest BCUT2D eigenvalue weighted by Gasteiger charge is -2.45. The molecule has 0 spiro atoms. The average Bonchev–Trinajstić information content (AvgIpc) is 3.26. The number of nitrogens with zero attached hydrogens (tertiary/aromatic N) is 1. The molecule has 0 saturated carbocycles. The van der Waals surface area contributed by atoms with Crippen LogP contribution in [0.25, 0.3) is 0 Å². The first-order valence-corrected chi connectivity index (χ1v) is 15.9. The van der Waals surface area contributed by atoms with Crippen LogP contribution in [0.15, 0.2) is 53.5 Å². The standard InChI is InChI=1S/C25H37NO5SSi/c1-16-9-11-19(12-10-16)32(27,28)26-13-17(2)21-22-18(3)14-29-24(22)31-20(23(21)26)15-30-33(7,8)25(4,5)6/h9-12,20-24H,2-3,13-15H2,1,4-8H3/t20-,21+,22-,23?,24+/m1/s1. The highest BCUT2D eigenvalue weighted by Crippen LogP contribution is 2.50. The Morgan fingerprint density at radius 1 is 1.12 bits per heavy atom. The predicted octanol–water partition coefficient (Wildman–Crippen LogP) is 4.49. The first kappa shape index (κ1) is 24.8. The highest BCUT2D eigenvalue weighted by atomic mass is 32.2. The molecule has 33 heavy (non-hydrogen) atoms. The van der Waals surface area contributed by atoms with Gasteiger partial charge in [-0.2, -0.15) is 4.31 Å². The fourth-order valence-corrected chi connectivity index (χ4v) is 7.52. The maximum Gasteiger partial charge on any atom is 0.243 e. The third-order valence-corrected chi connectivity index (χ3v) is 14.2. The first-order chi connectivity index (χ1) is 15.2. The molecule has 0 radical (unpaired) electrons. The van der Waals surface area contributed by atoms with Crippen molar-refractivity contribution < 1.29 is 22.3 Å². The summed E-state index contributed by atoms with van der Waals surface area (Å²) in [5, 5.41) is 0.0364. The molecular formula is C25H37NO5SSi. The molecule has 3 aliphatic rings. The van der Waals surface area contributed by atoms with Gasteiger partial charge in [0.15, 0.2) is 14.6 Å². The van der Waals surface area contributed by atoms with Crippen molar-refractivity contribution in [3.63, 3.8) is 0 Å². The van der Waals surface area contributed by atoms with Gasteiger partial charge in [-0.3, -0.25) is 0 Å². The van der Waals surface area contributed by atoms with Crippen molar-refractivity contribution in [3.05, 3.63) is 54.1 Å². The van der Waals surface area contributed by atoms with Crippen LogP contribution in [0, 0.1) is 18.8 Å². The number of benzene rings is 1. The van der Waals surface area contributed by atoms with Crippen molar-refractivity contribution in [2.75, 3.05) is 19.8 Å². The molecular weight excluding hydrogens is 454 g/mol. The quantitative estimate of drug-likeness (QED) is 0.449. The number of aryl methyl sites for hydroxylation is 1. The Balaban J connectivity index is 1.70. The van der Waals surface area contributed by atoms with Crippen molar-refractivity contribution in [1.82, 2.24) is 4.31 Å². The van der Waals surface area contributed by atoms with Crippen LogP contribution in [0.2, 0.25) is 18.1 Å². The first-order valence-electron chi connectivity index (χ1n) is 11.6. The minimum Gasteiger partial charge on any atom is -0.414 e. The molecule has 1 unspecified atom stereocenters. The molecule has 6 nitrogen and oxygen atoms in total. The number of ether oxygens (including phenoxy) is 2. The number of hydrogen-bond acceptors (Lipinski definition) is 5.